The Morgan fingerprint density at radius 2 is 1.91 bits per heavy atom. The lowest BCUT2D eigenvalue weighted by Gasteiger charge is -2.28. The van der Waals surface area contributed by atoms with Crippen LogP contribution in [0.15, 0.2) is 36.4 Å². The van der Waals surface area contributed by atoms with E-state index < -0.39 is 23.5 Å². The maximum absolute atomic E-state index is 13.9. The Morgan fingerprint density at radius 1 is 1.16 bits per heavy atom. The van der Waals surface area contributed by atoms with E-state index in [1.807, 2.05) is 7.05 Å². The number of anilines is 1. The van der Waals surface area contributed by atoms with E-state index in [9.17, 15) is 18.0 Å². The number of halogens is 4. The average Bonchev–Trinajstić information content (AvgIpc) is 3.06. The van der Waals surface area contributed by atoms with E-state index in [2.05, 4.69) is 10.4 Å². The first-order valence-corrected chi connectivity index (χ1v) is 10.3. The SMILES string of the molecule is Cn1nc(COCc2ccc(F)cc2Cl)c2c1CCN(C(=O)Nc1ccc(F)cc1F)C2. The number of amides is 2. The lowest BCUT2D eigenvalue weighted by Crippen LogP contribution is -2.39. The van der Waals surface area contributed by atoms with Gasteiger partial charge in [0.05, 0.1) is 31.1 Å². The summed E-state index contributed by atoms with van der Waals surface area (Å²) in [7, 11) is 1.82. The van der Waals surface area contributed by atoms with Crippen LogP contribution in [0, 0.1) is 17.5 Å². The van der Waals surface area contributed by atoms with Crippen molar-refractivity contribution in [1.82, 2.24) is 14.7 Å². The van der Waals surface area contributed by atoms with E-state index in [0.29, 0.717) is 30.3 Å². The molecule has 0 saturated heterocycles. The molecule has 1 N–H and O–H groups in total. The molecule has 0 unspecified atom stereocenters. The fraction of sp³-hybridized carbons (Fsp3) is 0.273. The number of nitrogens with zero attached hydrogens (tertiary/aromatic N) is 3. The van der Waals surface area contributed by atoms with Gasteiger partial charge in [-0.15, -0.1) is 0 Å². The summed E-state index contributed by atoms with van der Waals surface area (Å²) in [6.07, 6.45) is 0.571. The Morgan fingerprint density at radius 3 is 2.66 bits per heavy atom. The van der Waals surface area contributed by atoms with Crippen LogP contribution in [0.5, 0.6) is 0 Å². The average molecular weight is 465 g/mol. The molecule has 2 heterocycles. The number of benzene rings is 2. The molecule has 0 saturated carbocycles. The minimum absolute atomic E-state index is 0.0897. The number of rotatable bonds is 5. The van der Waals surface area contributed by atoms with Crippen LogP contribution in [-0.2, 0) is 38.0 Å². The summed E-state index contributed by atoms with van der Waals surface area (Å²) < 4.78 is 47.7. The van der Waals surface area contributed by atoms with Gasteiger partial charge in [0.25, 0.3) is 0 Å². The molecular weight excluding hydrogens is 445 g/mol. The lowest BCUT2D eigenvalue weighted by atomic mass is 10.1. The molecule has 2 amide bonds. The number of carbonyl (C=O) groups excluding carboxylic acids is 1. The third-order valence-electron chi connectivity index (χ3n) is 5.30. The van der Waals surface area contributed by atoms with Gasteiger partial charge in [0, 0.05) is 42.4 Å². The molecular formula is C22H20ClF3N4O2. The minimum Gasteiger partial charge on any atom is -0.370 e. The van der Waals surface area contributed by atoms with Crippen LogP contribution >= 0.6 is 11.6 Å². The number of hydrogen-bond donors (Lipinski definition) is 1. The van der Waals surface area contributed by atoms with Gasteiger partial charge in [-0.2, -0.15) is 5.10 Å². The van der Waals surface area contributed by atoms with Crippen molar-refractivity contribution in [2.24, 2.45) is 7.05 Å². The number of aryl methyl sites for hydroxylation is 1. The van der Waals surface area contributed by atoms with Gasteiger partial charge < -0.3 is 15.0 Å². The minimum atomic E-state index is -0.842. The molecule has 2 aromatic carbocycles. The van der Waals surface area contributed by atoms with Crippen molar-refractivity contribution < 1.29 is 22.7 Å². The van der Waals surface area contributed by atoms with Crippen LogP contribution in [0.1, 0.15) is 22.5 Å². The first-order chi connectivity index (χ1) is 15.3. The fourth-order valence-corrected chi connectivity index (χ4v) is 3.86. The van der Waals surface area contributed by atoms with Gasteiger partial charge in [-0.05, 0) is 29.8 Å². The standard InChI is InChI=1S/C22H20ClF3N4O2/c1-29-21-6-7-30(22(31)27-19-5-4-15(25)9-18(19)26)10-16(21)20(28-29)12-32-11-13-2-3-14(24)8-17(13)23/h2-5,8-9H,6-7,10-12H2,1H3,(H,27,31). The van der Waals surface area contributed by atoms with Crippen LogP contribution in [0.4, 0.5) is 23.7 Å². The predicted molar refractivity (Wildman–Crippen MR) is 113 cm³/mol. The highest BCUT2D eigenvalue weighted by atomic mass is 35.5. The van der Waals surface area contributed by atoms with Crippen molar-refractivity contribution in [1.29, 1.82) is 0 Å². The molecule has 4 rings (SSSR count). The molecule has 3 aromatic rings. The largest absolute Gasteiger partial charge is 0.370 e. The van der Waals surface area contributed by atoms with E-state index in [1.54, 1.807) is 10.7 Å². The molecule has 1 aliphatic rings. The van der Waals surface area contributed by atoms with Gasteiger partial charge >= 0.3 is 6.03 Å². The molecule has 0 atom stereocenters. The third-order valence-corrected chi connectivity index (χ3v) is 5.65. The molecule has 0 radical (unpaired) electrons. The van der Waals surface area contributed by atoms with Crippen molar-refractivity contribution in [2.75, 3.05) is 11.9 Å². The summed E-state index contributed by atoms with van der Waals surface area (Å²) in [5, 5.41) is 7.26. The van der Waals surface area contributed by atoms with Crippen molar-refractivity contribution in [2.45, 2.75) is 26.2 Å². The fourth-order valence-electron chi connectivity index (χ4n) is 3.64. The smallest absolute Gasteiger partial charge is 0.322 e. The van der Waals surface area contributed by atoms with Gasteiger partial charge in [0.15, 0.2) is 0 Å². The van der Waals surface area contributed by atoms with Gasteiger partial charge in [-0.1, -0.05) is 17.7 Å². The molecule has 168 valence electrons. The van der Waals surface area contributed by atoms with Crippen LogP contribution in [-0.4, -0.2) is 27.3 Å². The summed E-state index contributed by atoms with van der Waals surface area (Å²) in [6.45, 7) is 1.05. The summed E-state index contributed by atoms with van der Waals surface area (Å²) in [5.41, 5.74) is 3.08. The number of urea groups is 1. The zero-order valence-electron chi connectivity index (χ0n) is 17.2. The molecule has 32 heavy (non-hydrogen) atoms. The topological polar surface area (TPSA) is 59.4 Å². The highest BCUT2D eigenvalue weighted by molar-refractivity contribution is 6.31. The van der Waals surface area contributed by atoms with E-state index in [1.165, 1.54) is 23.1 Å². The quantitative estimate of drug-likeness (QED) is 0.590. The van der Waals surface area contributed by atoms with E-state index in [4.69, 9.17) is 16.3 Å². The Kier molecular flexibility index (Phi) is 6.38. The van der Waals surface area contributed by atoms with E-state index >= 15 is 0 Å². The van der Waals surface area contributed by atoms with Crippen LogP contribution in [0.25, 0.3) is 0 Å². The number of ether oxygens (including phenoxy) is 1. The maximum atomic E-state index is 13.9. The molecule has 0 spiro atoms. The second-order valence-corrected chi connectivity index (χ2v) is 7.86. The molecule has 0 fully saturated rings. The zero-order chi connectivity index (χ0) is 22.8. The van der Waals surface area contributed by atoms with Crippen molar-refractivity contribution >= 4 is 23.3 Å². The van der Waals surface area contributed by atoms with Crippen LogP contribution < -0.4 is 5.32 Å². The molecule has 6 nitrogen and oxygen atoms in total. The second kappa shape index (κ2) is 9.22. The van der Waals surface area contributed by atoms with E-state index in [-0.39, 0.29) is 30.5 Å². The first kappa shape index (κ1) is 22.2. The van der Waals surface area contributed by atoms with Gasteiger partial charge in [-0.3, -0.25) is 4.68 Å². The number of nitrogens with one attached hydrogen (secondary N) is 1. The molecule has 1 aliphatic heterocycles. The monoisotopic (exact) mass is 464 g/mol. The normalized spacial score (nSPS) is 13.2. The Balaban J connectivity index is 1.42. The number of hydrogen-bond acceptors (Lipinski definition) is 3. The van der Waals surface area contributed by atoms with Crippen LogP contribution in [0.2, 0.25) is 5.02 Å². The maximum Gasteiger partial charge on any atom is 0.322 e. The summed E-state index contributed by atoms with van der Waals surface area (Å²) in [5.74, 6) is -1.98. The number of carbonyl (C=O) groups is 1. The molecule has 1 aromatic heterocycles. The van der Waals surface area contributed by atoms with Crippen molar-refractivity contribution in [3.8, 4) is 0 Å². The molecule has 0 aliphatic carbocycles. The van der Waals surface area contributed by atoms with Crippen molar-refractivity contribution in [3.63, 3.8) is 0 Å². The highest BCUT2D eigenvalue weighted by Gasteiger charge is 2.27. The summed E-state index contributed by atoms with van der Waals surface area (Å²) >= 11 is 6.03. The Hall–Kier alpha value is -3.04. The first-order valence-electron chi connectivity index (χ1n) is 9.88. The number of fused-ring (bicyclic) bond motifs is 1. The summed E-state index contributed by atoms with van der Waals surface area (Å²) in [4.78, 5) is 14.2. The predicted octanol–water partition coefficient (Wildman–Crippen LogP) is 4.80. The second-order valence-electron chi connectivity index (χ2n) is 7.45. The Bertz CT molecular complexity index is 1170. The number of aromatic nitrogens is 2. The van der Waals surface area contributed by atoms with E-state index in [0.717, 1.165) is 17.3 Å². The highest BCUT2D eigenvalue weighted by Crippen LogP contribution is 2.25. The molecule has 0 bridgehead atoms. The molecule has 10 heteroatoms. The van der Waals surface area contributed by atoms with Gasteiger partial charge in [0.2, 0.25) is 0 Å². The van der Waals surface area contributed by atoms with Gasteiger partial charge in [-0.25, -0.2) is 18.0 Å². The lowest BCUT2D eigenvalue weighted by molar-refractivity contribution is 0.103. The van der Waals surface area contributed by atoms with Crippen molar-refractivity contribution in [3.05, 3.63) is 81.4 Å². The third kappa shape index (κ3) is 4.73. The van der Waals surface area contributed by atoms with Gasteiger partial charge in [0.1, 0.15) is 17.5 Å². The Labute approximate surface area is 187 Å². The zero-order valence-corrected chi connectivity index (χ0v) is 17.9. The van der Waals surface area contributed by atoms with Crippen LogP contribution in [0.3, 0.4) is 0 Å². The summed E-state index contributed by atoms with van der Waals surface area (Å²) in [6, 6.07) is 6.59.